The average Bonchev–Trinajstić information content (AvgIpc) is 2.61. The molecule has 4 heteroatoms. The molecule has 2 N–H and O–H groups in total. The highest BCUT2D eigenvalue weighted by Gasteiger charge is 2.06. The fraction of sp³-hybridized carbons (Fsp3) is 0.308. The quantitative estimate of drug-likeness (QED) is 0.855. The molecule has 1 aromatic heterocycles. The summed E-state index contributed by atoms with van der Waals surface area (Å²) in [5.41, 5.74) is 4.59. The molecule has 17 heavy (non-hydrogen) atoms. The zero-order chi connectivity index (χ0) is 12.4. The smallest absolute Gasteiger partial charge is 0.128 e. The molecule has 2 rings (SSSR count). The first kappa shape index (κ1) is 11.6. The number of hydrogen-bond donors (Lipinski definition) is 2. The van der Waals surface area contributed by atoms with Gasteiger partial charge in [0.05, 0.1) is 5.69 Å². The summed E-state index contributed by atoms with van der Waals surface area (Å²) in [6.07, 6.45) is 0. The number of nitrogens with zero attached hydrogens (tertiary/aromatic N) is 1. The maximum Gasteiger partial charge on any atom is 0.128 e. The summed E-state index contributed by atoms with van der Waals surface area (Å²) in [6.45, 7) is 6.34. The van der Waals surface area contributed by atoms with Gasteiger partial charge in [-0.2, -0.15) is 5.10 Å². The summed E-state index contributed by atoms with van der Waals surface area (Å²) < 4.78 is 13.3. The van der Waals surface area contributed by atoms with E-state index >= 15 is 0 Å². The highest BCUT2D eigenvalue weighted by molar-refractivity contribution is 5.46. The van der Waals surface area contributed by atoms with E-state index in [4.69, 9.17) is 0 Å². The lowest BCUT2D eigenvalue weighted by atomic mass is 10.2. The Morgan fingerprint density at radius 3 is 2.65 bits per heavy atom. The minimum Gasteiger partial charge on any atom is -0.381 e. The Hall–Kier alpha value is -1.84. The summed E-state index contributed by atoms with van der Waals surface area (Å²) in [7, 11) is 0. The highest BCUT2D eigenvalue weighted by atomic mass is 19.1. The van der Waals surface area contributed by atoms with Crippen molar-refractivity contribution in [1.82, 2.24) is 10.2 Å². The second-order valence-electron chi connectivity index (χ2n) is 4.23. The van der Waals surface area contributed by atoms with Gasteiger partial charge in [0.2, 0.25) is 0 Å². The van der Waals surface area contributed by atoms with Crippen molar-refractivity contribution in [3.05, 3.63) is 46.5 Å². The minimum absolute atomic E-state index is 0.185. The zero-order valence-electron chi connectivity index (χ0n) is 10.3. The van der Waals surface area contributed by atoms with Crippen LogP contribution in [0, 0.1) is 26.6 Å². The van der Waals surface area contributed by atoms with Crippen molar-refractivity contribution in [3.8, 4) is 0 Å². The van der Waals surface area contributed by atoms with Crippen LogP contribution in [0.1, 0.15) is 22.5 Å². The number of benzene rings is 1. The average molecular weight is 233 g/mol. The highest BCUT2D eigenvalue weighted by Crippen LogP contribution is 2.16. The molecule has 0 aliphatic rings. The predicted molar refractivity (Wildman–Crippen MR) is 66.5 cm³/mol. The normalized spacial score (nSPS) is 10.6. The van der Waals surface area contributed by atoms with Crippen LogP contribution in [0.4, 0.5) is 10.1 Å². The minimum atomic E-state index is -0.185. The van der Waals surface area contributed by atoms with Gasteiger partial charge in [-0.3, -0.25) is 5.10 Å². The third-order valence-corrected chi connectivity index (χ3v) is 2.92. The lowest BCUT2D eigenvalue weighted by molar-refractivity contribution is 0.619. The molecule has 0 saturated carbocycles. The monoisotopic (exact) mass is 233 g/mol. The SMILES string of the molecule is Cc1ccc(NCc2c(C)n[nH]c2C)cc1F. The van der Waals surface area contributed by atoms with E-state index < -0.39 is 0 Å². The Bertz CT molecular complexity index is 512. The molecule has 0 amide bonds. The van der Waals surface area contributed by atoms with Crippen molar-refractivity contribution in [1.29, 1.82) is 0 Å². The molecule has 0 atom stereocenters. The van der Waals surface area contributed by atoms with E-state index in [9.17, 15) is 4.39 Å². The van der Waals surface area contributed by atoms with Gasteiger partial charge in [-0.25, -0.2) is 4.39 Å². The van der Waals surface area contributed by atoms with Crippen molar-refractivity contribution in [3.63, 3.8) is 0 Å². The maximum absolute atomic E-state index is 13.3. The first-order valence-electron chi connectivity index (χ1n) is 5.58. The van der Waals surface area contributed by atoms with Crippen LogP contribution in [-0.4, -0.2) is 10.2 Å². The van der Waals surface area contributed by atoms with Gasteiger partial charge in [0, 0.05) is 23.5 Å². The Labute approximate surface area is 100 Å². The second kappa shape index (κ2) is 4.57. The van der Waals surface area contributed by atoms with Crippen molar-refractivity contribution in [2.24, 2.45) is 0 Å². The van der Waals surface area contributed by atoms with Gasteiger partial charge in [0.1, 0.15) is 5.82 Å². The van der Waals surface area contributed by atoms with Crippen LogP contribution >= 0.6 is 0 Å². The summed E-state index contributed by atoms with van der Waals surface area (Å²) >= 11 is 0. The van der Waals surface area contributed by atoms with Crippen LogP contribution in [-0.2, 0) is 6.54 Å². The number of anilines is 1. The van der Waals surface area contributed by atoms with E-state index in [2.05, 4.69) is 15.5 Å². The van der Waals surface area contributed by atoms with Crippen LogP contribution in [0.3, 0.4) is 0 Å². The summed E-state index contributed by atoms with van der Waals surface area (Å²) in [5, 5.41) is 10.2. The number of aromatic nitrogens is 2. The molecule has 90 valence electrons. The molecule has 0 bridgehead atoms. The number of nitrogens with one attached hydrogen (secondary N) is 2. The Kier molecular flexibility index (Phi) is 3.13. The van der Waals surface area contributed by atoms with Crippen LogP contribution in [0.5, 0.6) is 0 Å². The van der Waals surface area contributed by atoms with Crippen molar-refractivity contribution in [2.45, 2.75) is 27.3 Å². The molecule has 3 nitrogen and oxygen atoms in total. The van der Waals surface area contributed by atoms with E-state index in [0.717, 1.165) is 22.6 Å². The maximum atomic E-state index is 13.3. The Morgan fingerprint density at radius 1 is 1.29 bits per heavy atom. The molecule has 0 spiro atoms. The molecule has 0 fully saturated rings. The molecule has 0 unspecified atom stereocenters. The topological polar surface area (TPSA) is 40.7 Å². The molecule has 1 heterocycles. The molecular formula is C13H16FN3. The van der Waals surface area contributed by atoms with Gasteiger partial charge in [-0.15, -0.1) is 0 Å². The fourth-order valence-electron chi connectivity index (χ4n) is 1.73. The summed E-state index contributed by atoms with van der Waals surface area (Å²) in [6, 6.07) is 5.16. The standard InChI is InChI=1S/C13H16FN3/c1-8-4-5-11(6-13(8)14)15-7-12-9(2)16-17-10(12)3/h4-6,15H,7H2,1-3H3,(H,16,17). The van der Waals surface area contributed by atoms with Crippen LogP contribution < -0.4 is 5.32 Å². The molecule has 2 aromatic rings. The van der Waals surface area contributed by atoms with E-state index in [-0.39, 0.29) is 5.82 Å². The number of rotatable bonds is 3. The second-order valence-corrected chi connectivity index (χ2v) is 4.23. The molecule has 0 aliphatic carbocycles. The zero-order valence-corrected chi connectivity index (χ0v) is 10.3. The van der Waals surface area contributed by atoms with Gasteiger partial charge < -0.3 is 5.32 Å². The number of halogens is 1. The van der Waals surface area contributed by atoms with Gasteiger partial charge in [-0.05, 0) is 38.5 Å². The molecular weight excluding hydrogens is 217 g/mol. The number of aryl methyl sites for hydroxylation is 3. The van der Waals surface area contributed by atoms with E-state index in [0.29, 0.717) is 12.1 Å². The van der Waals surface area contributed by atoms with Gasteiger partial charge in [0.15, 0.2) is 0 Å². The molecule has 0 saturated heterocycles. The van der Waals surface area contributed by atoms with Crippen LogP contribution in [0.2, 0.25) is 0 Å². The van der Waals surface area contributed by atoms with Crippen molar-refractivity contribution < 1.29 is 4.39 Å². The van der Waals surface area contributed by atoms with Gasteiger partial charge in [0.25, 0.3) is 0 Å². The van der Waals surface area contributed by atoms with E-state index in [1.54, 1.807) is 13.0 Å². The largest absolute Gasteiger partial charge is 0.381 e. The number of aromatic amines is 1. The Balaban J connectivity index is 2.10. The van der Waals surface area contributed by atoms with Crippen LogP contribution in [0.25, 0.3) is 0 Å². The predicted octanol–water partition coefficient (Wildman–Crippen LogP) is 3.09. The first-order chi connectivity index (χ1) is 8.08. The van der Waals surface area contributed by atoms with Gasteiger partial charge in [-0.1, -0.05) is 6.07 Å². The third kappa shape index (κ3) is 2.46. The summed E-state index contributed by atoms with van der Waals surface area (Å²) in [5.74, 6) is -0.185. The summed E-state index contributed by atoms with van der Waals surface area (Å²) in [4.78, 5) is 0. The Morgan fingerprint density at radius 2 is 2.06 bits per heavy atom. The van der Waals surface area contributed by atoms with Crippen LogP contribution in [0.15, 0.2) is 18.2 Å². The molecule has 0 radical (unpaired) electrons. The van der Waals surface area contributed by atoms with Gasteiger partial charge >= 0.3 is 0 Å². The molecule has 0 aliphatic heterocycles. The number of hydrogen-bond acceptors (Lipinski definition) is 2. The lowest BCUT2D eigenvalue weighted by Crippen LogP contribution is -2.02. The van der Waals surface area contributed by atoms with E-state index in [1.807, 2.05) is 19.9 Å². The van der Waals surface area contributed by atoms with Crippen molar-refractivity contribution in [2.75, 3.05) is 5.32 Å². The number of H-pyrrole nitrogens is 1. The van der Waals surface area contributed by atoms with Crippen molar-refractivity contribution >= 4 is 5.69 Å². The van der Waals surface area contributed by atoms with E-state index in [1.165, 1.54) is 6.07 Å². The lowest BCUT2D eigenvalue weighted by Gasteiger charge is -2.07. The third-order valence-electron chi connectivity index (χ3n) is 2.92. The molecule has 1 aromatic carbocycles. The first-order valence-corrected chi connectivity index (χ1v) is 5.58. The fourth-order valence-corrected chi connectivity index (χ4v) is 1.73.